The maximum Gasteiger partial charge on any atom is 0.251 e. The maximum absolute atomic E-state index is 12.4. The van der Waals surface area contributed by atoms with Gasteiger partial charge in [-0.3, -0.25) is 9.59 Å². The minimum atomic E-state index is -0.107. The predicted molar refractivity (Wildman–Crippen MR) is 115 cm³/mol. The second kappa shape index (κ2) is 11.8. The molecule has 1 aromatic carbocycles. The number of likely N-dealkylation sites (N-methyl/N-ethyl adjacent to an activating group) is 1. The molecule has 0 spiro atoms. The van der Waals surface area contributed by atoms with Crippen molar-refractivity contribution in [1.29, 1.82) is 0 Å². The van der Waals surface area contributed by atoms with Crippen molar-refractivity contribution in [2.45, 2.75) is 40.0 Å². The lowest BCUT2D eigenvalue weighted by Crippen LogP contribution is -2.35. The molecule has 1 heterocycles. The molecule has 0 radical (unpaired) electrons. The van der Waals surface area contributed by atoms with Crippen LogP contribution in [0.3, 0.4) is 0 Å². The highest BCUT2D eigenvalue weighted by atomic mass is 16.2. The lowest BCUT2D eigenvalue weighted by Gasteiger charge is -2.28. The second-order valence-corrected chi connectivity index (χ2v) is 7.70. The van der Waals surface area contributed by atoms with Gasteiger partial charge in [0, 0.05) is 30.8 Å². The molecule has 0 bridgehead atoms. The number of piperidine rings is 1. The van der Waals surface area contributed by atoms with Crippen LogP contribution in [-0.4, -0.2) is 56.0 Å². The number of carbonyl (C=O) groups is 2. The van der Waals surface area contributed by atoms with Crippen LogP contribution in [0.4, 0.5) is 5.69 Å². The summed E-state index contributed by atoms with van der Waals surface area (Å²) in [4.78, 5) is 27.1. The zero-order valence-electron chi connectivity index (χ0n) is 17.6. The standard InChI is InChI=1S/C22H36N4O2/c1-4-26(5-2)13-12-24-22(28)18-8-6-10-20(15-18)25-21(27)14-17(3)19-9-7-11-23-16-19/h6,8,10,15,17,19,23H,4-5,7,9,11-14,16H2,1-3H3,(H,24,28)(H,25,27). The van der Waals surface area contributed by atoms with Crippen molar-refractivity contribution < 1.29 is 9.59 Å². The first-order chi connectivity index (χ1) is 13.5. The largest absolute Gasteiger partial charge is 0.351 e. The Bertz CT molecular complexity index is 625. The van der Waals surface area contributed by atoms with Crippen LogP contribution >= 0.6 is 0 Å². The maximum atomic E-state index is 12.4. The Hall–Kier alpha value is -1.92. The third kappa shape index (κ3) is 7.24. The van der Waals surface area contributed by atoms with Gasteiger partial charge in [-0.1, -0.05) is 26.8 Å². The predicted octanol–water partition coefficient (Wildman–Crippen LogP) is 2.72. The van der Waals surface area contributed by atoms with E-state index >= 15 is 0 Å². The van der Waals surface area contributed by atoms with Crippen molar-refractivity contribution in [2.24, 2.45) is 11.8 Å². The number of nitrogens with zero attached hydrogens (tertiary/aromatic N) is 1. The van der Waals surface area contributed by atoms with Crippen LogP contribution in [0.5, 0.6) is 0 Å². The highest BCUT2D eigenvalue weighted by Gasteiger charge is 2.22. The number of amides is 2. The number of carbonyl (C=O) groups excluding carboxylic acids is 2. The molecule has 0 saturated carbocycles. The van der Waals surface area contributed by atoms with Gasteiger partial charge in [0.15, 0.2) is 0 Å². The van der Waals surface area contributed by atoms with Crippen molar-refractivity contribution in [2.75, 3.05) is 44.6 Å². The van der Waals surface area contributed by atoms with Crippen molar-refractivity contribution >= 4 is 17.5 Å². The zero-order valence-corrected chi connectivity index (χ0v) is 17.6. The van der Waals surface area contributed by atoms with Crippen LogP contribution in [-0.2, 0) is 4.79 Å². The van der Waals surface area contributed by atoms with Crippen LogP contribution < -0.4 is 16.0 Å². The third-order valence-electron chi connectivity index (χ3n) is 5.66. The van der Waals surface area contributed by atoms with Gasteiger partial charge in [0.25, 0.3) is 5.91 Å². The number of benzene rings is 1. The molecule has 2 amide bonds. The normalized spacial score (nSPS) is 17.9. The summed E-state index contributed by atoms with van der Waals surface area (Å²) in [6.45, 7) is 11.9. The summed E-state index contributed by atoms with van der Waals surface area (Å²) in [6, 6.07) is 7.16. The average molecular weight is 389 g/mol. The lowest BCUT2D eigenvalue weighted by molar-refractivity contribution is -0.117. The highest BCUT2D eigenvalue weighted by molar-refractivity contribution is 5.97. The van der Waals surface area contributed by atoms with Gasteiger partial charge in [-0.15, -0.1) is 0 Å². The van der Waals surface area contributed by atoms with E-state index in [1.54, 1.807) is 12.1 Å². The molecule has 6 heteroatoms. The number of anilines is 1. The van der Waals surface area contributed by atoms with Crippen LogP contribution in [0.2, 0.25) is 0 Å². The average Bonchev–Trinajstić information content (AvgIpc) is 2.71. The first-order valence-electron chi connectivity index (χ1n) is 10.6. The van der Waals surface area contributed by atoms with E-state index in [0.29, 0.717) is 36.1 Å². The number of nitrogens with one attached hydrogen (secondary N) is 3. The number of rotatable bonds is 10. The van der Waals surface area contributed by atoms with Crippen LogP contribution in [0.15, 0.2) is 24.3 Å². The summed E-state index contributed by atoms with van der Waals surface area (Å²) >= 11 is 0. The van der Waals surface area contributed by atoms with Gasteiger partial charge in [-0.25, -0.2) is 0 Å². The van der Waals surface area contributed by atoms with Gasteiger partial charge in [0.1, 0.15) is 0 Å². The molecule has 2 rings (SSSR count). The molecule has 0 aromatic heterocycles. The van der Waals surface area contributed by atoms with E-state index in [0.717, 1.165) is 32.7 Å². The van der Waals surface area contributed by atoms with Gasteiger partial charge >= 0.3 is 0 Å². The number of hydrogen-bond donors (Lipinski definition) is 3. The lowest BCUT2D eigenvalue weighted by atomic mass is 9.85. The Morgan fingerprint density at radius 1 is 1.29 bits per heavy atom. The molecule has 1 aliphatic heterocycles. The Labute approximate surface area is 169 Å². The van der Waals surface area contributed by atoms with Gasteiger partial charge in [-0.2, -0.15) is 0 Å². The molecule has 2 atom stereocenters. The van der Waals surface area contributed by atoms with E-state index in [2.05, 4.69) is 41.6 Å². The van der Waals surface area contributed by atoms with Crippen LogP contribution in [0.1, 0.15) is 50.4 Å². The summed E-state index contributed by atoms with van der Waals surface area (Å²) in [6.07, 6.45) is 2.87. The molecule has 156 valence electrons. The first-order valence-corrected chi connectivity index (χ1v) is 10.6. The quantitative estimate of drug-likeness (QED) is 0.576. The summed E-state index contributed by atoms with van der Waals surface area (Å²) in [5, 5.41) is 9.32. The molecule has 0 aliphatic carbocycles. The number of hydrogen-bond acceptors (Lipinski definition) is 4. The summed E-state index contributed by atoms with van der Waals surface area (Å²) in [5.74, 6) is 0.809. The molecular formula is C22H36N4O2. The van der Waals surface area contributed by atoms with Crippen molar-refractivity contribution in [1.82, 2.24) is 15.5 Å². The van der Waals surface area contributed by atoms with E-state index < -0.39 is 0 Å². The summed E-state index contributed by atoms with van der Waals surface area (Å²) in [7, 11) is 0. The fourth-order valence-corrected chi connectivity index (χ4v) is 3.74. The summed E-state index contributed by atoms with van der Waals surface area (Å²) in [5.41, 5.74) is 1.25. The monoisotopic (exact) mass is 388 g/mol. The minimum Gasteiger partial charge on any atom is -0.351 e. The fraction of sp³-hybridized carbons (Fsp3) is 0.636. The van der Waals surface area contributed by atoms with Crippen molar-refractivity contribution in [3.8, 4) is 0 Å². The SMILES string of the molecule is CCN(CC)CCNC(=O)c1cccc(NC(=O)CC(C)C2CCCNC2)c1. The Kier molecular flexibility index (Phi) is 9.44. The molecule has 2 unspecified atom stereocenters. The van der Waals surface area contributed by atoms with Gasteiger partial charge in [-0.05, 0) is 69.1 Å². The van der Waals surface area contributed by atoms with Crippen molar-refractivity contribution in [3.05, 3.63) is 29.8 Å². The van der Waals surface area contributed by atoms with E-state index in [9.17, 15) is 9.59 Å². The topological polar surface area (TPSA) is 73.5 Å². The smallest absolute Gasteiger partial charge is 0.251 e. The van der Waals surface area contributed by atoms with Gasteiger partial charge in [0.05, 0.1) is 0 Å². The van der Waals surface area contributed by atoms with E-state index in [4.69, 9.17) is 0 Å². The van der Waals surface area contributed by atoms with Crippen LogP contribution in [0, 0.1) is 11.8 Å². The van der Waals surface area contributed by atoms with Crippen molar-refractivity contribution in [3.63, 3.8) is 0 Å². The highest BCUT2D eigenvalue weighted by Crippen LogP contribution is 2.23. The van der Waals surface area contributed by atoms with E-state index in [1.165, 1.54) is 12.8 Å². The van der Waals surface area contributed by atoms with Gasteiger partial charge < -0.3 is 20.9 Å². The molecular weight excluding hydrogens is 352 g/mol. The second-order valence-electron chi connectivity index (χ2n) is 7.70. The molecule has 28 heavy (non-hydrogen) atoms. The molecule has 6 nitrogen and oxygen atoms in total. The minimum absolute atomic E-state index is 0.0113. The fourth-order valence-electron chi connectivity index (χ4n) is 3.74. The van der Waals surface area contributed by atoms with Gasteiger partial charge in [0.2, 0.25) is 5.91 Å². The molecule has 1 saturated heterocycles. The molecule has 1 aliphatic rings. The first kappa shape index (κ1) is 22.4. The van der Waals surface area contributed by atoms with E-state index in [-0.39, 0.29) is 11.8 Å². The Balaban J connectivity index is 1.82. The Morgan fingerprint density at radius 2 is 2.07 bits per heavy atom. The summed E-state index contributed by atoms with van der Waals surface area (Å²) < 4.78 is 0. The molecule has 3 N–H and O–H groups in total. The zero-order chi connectivity index (χ0) is 20.4. The van der Waals surface area contributed by atoms with Crippen LogP contribution in [0.25, 0.3) is 0 Å². The van der Waals surface area contributed by atoms with E-state index in [1.807, 2.05) is 12.1 Å². The third-order valence-corrected chi connectivity index (χ3v) is 5.66. The molecule has 1 aromatic rings. The molecule has 1 fully saturated rings. The Morgan fingerprint density at radius 3 is 2.75 bits per heavy atom.